The van der Waals surface area contributed by atoms with Gasteiger partial charge in [-0.3, -0.25) is 0 Å². The molecule has 314 valence electrons. The van der Waals surface area contributed by atoms with Crippen molar-refractivity contribution in [3.05, 3.63) is 200 Å². The van der Waals surface area contributed by atoms with Crippen molar-refractivity contribution in [1.29, 1.82) is 0 Å². The van der Waals surface area contributed by atoms with E-state index in [-0.39, 0.29) is 18.8 Å². The Bertz CT molecular complexity index is 3300. The van der Waals surface area contributed by atoms with Gasteiger partial charge in [0.15, 0.2) is 0 Å². The monoisotopic (exact) mass is 853 g/mol. The van der Waals surface area contributed by atoms with Gasteiger partial charge < -0.3 is 28.7 Å². The number of aromatic nitrogens is 1. The van der Waals surface area contributed by atoms with E-state index in [0.717, 1.165) is 101 Å². The number of fused-ring (bicyclic) bond motifs is 8. The first-order valence-electron chi connectivity index (χ1n) is 22.5. The van der Waals surface area contributed by atoms with Gasteiger partial charge in [-0.2, -0.15) is 4.98 Å². The van der Waals surface area contributed by atoms with Crippen molar-refractivity contribution in [2.24, 2.45) is 0 Å². The van der Waals surface area contributed by atoms with Gasteiger partial charge in [0.1, 0.15) is 34.5 Å². The lowest BCUT2D eigenvalue weighted by atomic mass is 9.32. The fraction of sp³-hybridized carbons (Fsp3) is 0.0702. The number of nitrogens with zero attached hydrogens (tertiary/aromatic N) is 3. The molecule has 0 amide bonds. The Kier molecular flexibility index (Phi) is 8.53. The summed E-state index contributed by atoms with van der Waals surface area (Å²) in [5, 5.41) is 0. The highest BCUT2D eigenvalue weighted by atomic mass is 16.5. The van der Waals surface area contributed by atoms with Crippen LogP contribution in [0.1, 0.15) is 26.3 Å². The van der Waals surface area contributed by atoms with Crippen LogP contribution in [0.5, 0.6) is 46.3 Å². The maximum absolute atomic E-state index is 7.03. The Balaban J connectivity index is 0.993. The predicted molar refractivity (Wildman–Crippen MR) is 268 cm³/mol. The molecule has 0 radical (unpaired) electrons. The Labute approximate surface area is 384 Å². The summed E-state index contributed by atoms with van der Waals surface area (Å²) in [5.74, 6) is 5.59. The number of para-hydroxylation sites is 5. The van der Waals surface area contributed by atoms with Crippen LogP contribution >= 0.6 is 0 Å². The predicted octanol–water partition coefficient (Wildman–Crippen LogP) is 10.8. The van der Waals surface area contributed by atoms with E-state index >= 15 is 0 Å². The van der Waals surface area contributed by atoms with Crippen LogP contribution in [0.15, 0.2) is 194 Å². The van der Waals surface area contributed by atoms with E-state index in [1.807, 2.05) is 30.3 Å². The number of ether oxygens (including phenoxy) is 4. The SMILES string of the molecule is CC(C)(C)c1cc2c3c(c1)Oc1nc4c(cc1B3c1ccc(N(c3ccccc3)c3ccccc3)cc1O2)B1c2ccccc2Oc2cc(N(c3ccccc3)c3ccccc3)cc(c21)O4. The molecule has 0 atom stereocenters. The third-order valence-corrected chi connectivity index (χ3v) is 13.2. The zero-order valence-electron chi connectivity index (χ0n) is 36.6. The molecule has 4 aliphatic heterocycles. The van der Waals surface area contributed by atoms with E-state index in [2.05, 4.69) is 194 Å². The summed E-state index contributed by atoms with van der Waals surface area (Å²) in [7, 11) is 0. The normalized spacial score (nSPS) is 13.2. The molecular formula is C57H41B2N3O4. The zero-order chi connectivity index (χ0) is 44.1. The molecule has 0 bridgehead atoms. The fourth-order valence-corrected chi connectivity index (χ4v) is 10.2. The van der Waals surface area contributed by atoms with E-state index < -0.39 is 0 Å². The molecule has 0 saturated heterocycles. The fourth-order valence-electron chi connectivity index (χ4n) is 10.2. The van der Waals surface area contributed by atoms with Crippen LogP contribution in [0.4, 0.5) is 34.1 Å². The molecule has 5 heterocycles. The summed E-state index contributed by atoms with van der Waals surface area (Å²) >= 11 is 0. The molecule has 9 heteroatoms. The van der Waals surface area contributed by atoms with Gasteiger partial charge in [-0.05, 0) is 106 Å². The van der Waals surface area contributed by atoms with Gasteiger partial charge in [-0.25, -0.2) is 0 Å². The molecule has 0 fully saturated rings. The van der Waals surface area contributed by atoms with Crippen molar-refractivity contribution in [3.8, 4) is 46.3 Å². The van der Waals surface area contributed by atoms with Crippen molar-refractivity contribution < 1.29 is 18.9 Å². The van der Waals surface area contributed by atoms with E-state index in [4.69, 9.17) is 23.9 Å². The lowest BCUT2D eigenvalue weighted by molar-refractivity contribution is 0.423. The van der Waals surface area contributed by atoms with Crippen molar-refractivity contribution in [1.82, 2.24) is 4.98 Å². The minimum atomic E-state index is -0.228. The molecule has 9 aromatic rings. The first-order chi connectivity index (χ1) is 32.3. The Hall–Kier alpha value is -8.16. The topological polar surface area (TPSA) is 56.3 Å². The van der Waals surface area contributed by atoms with Crippen molar-refractivity contribution in [2.75, 3.05) is 9.80 Å². The molecular weight excluding hydrogens is 812 g/mol. The largest absolute Gasteiger partial charge is 0.458 e. The average molecular weight is 854 g/mol. The summed E-state index contributed by atoms with van der Waals surface area (Å²) < 4.78 is 27.8. The van der Waals surface area contributed by atoms with Crippen LogP contribution in [0, 0.1) is 0 Å². The van der Waals surface area contributed by atoms with Crippen LogP contribution in [0.3, 0.4) is 0 Å². The van der Waals surface area contributed by atoms with E-state index in [9.17, 15) is 0 Å². The van der Waals surface area contributed by atoms with Crippen LogP contribution in [-0.2, 0) is 5.41 Å². The number of pyridine rings is 1. The third kappa shape index (κ3) is 6.11. The van der Waals surface area contributed by atoms with Gasteiger partial charge in [0.25, 0.3) is 13.4 Å². The summed E-state index contributed by atoms with van der Waals surface area (Å²) in [6.07, 6.45) is 0. The van der Waals surface area contributed by atoms with Crippen molar-refractivity contribution >= 4 is 80.3 Å². The molecule has 13 rings (SSSR count). The molecule has 4 aliphatic rings. The lowest BCUT2D eigenvalue weighted by Gasteiger charge is -2.37. The van der Waals surface area contributed by atoms with Crippen LogP contribution in [-0.4, -0.2) is 18.4 Å². The molecule has 0 aliphatic carbocycles. The molecule has 66 heavy (non-hydrogen) atoms. The standard InChI is InChI=1S/C57H41B2N3O4/c1-57(2,3)36-30-49-53-50(31-36)65-55-46(59(53)44-29-28-41(32-48(44)64-49)61(37-18-8-4-9-19-37)38-20-10-5-11-21-38)35-45-56(60-55)66-52-34-42(33-51-54(52)58(45)43-26-16-17-27-47(43)63-51)62(39-22-12-6-13-23-39)40-24-14-7-15-25-40/h4-35H,1-3H3. The second-order valence-corrected chi connectivity index (χ2v) is 18.3. The van der Waals surface area contributed by atoms with Crippen molar-refractivity contribution in [3.63, 3.8) is 0 Å². The minimum absolute atomic E-state index is 0.178. The molecule has 0 N–H and O–H groups in total. The summed E-state index contributed by atoms with van der Waals surface area (Å²) in [4.78, 5) is 9.86. The van der Waals surface area contributed by atoms with Crippen LogP contribution in [0.2, 0.25) is 0 Å². The van der Waals surface area contributed by atoms with Gasteiger partial charge in [-0.1, -0.05) is 124 Å². The molecule has 1 aromatic heterocycles. The summed E-state index contributed by atoms with van der Waals surface area (Å²) in [6.45, 7) is 6.20. The second kappa shape index (κ2) is 14.7. The van der Waals surface area contributed by atoms with Crippen molar-refractivity contribution in [2.45, 2.75) is 26.2 Å². The highest BCUT2D eigenvalue weighted by molar-refractivity contribution is 7.00. The number of anilines is 6. The molecule has 7 nitrogen and oxygen atoms in total. The first-order valence-corrected chi connectivity index (χ1v) is 22.5. The summed E-state index contributed by atoms with van der Waals surface area (Å²) in [5.41, 5.74) is 13.0. The van der Waals surface area contributed by atoms with E-state index in [1.54, 1.807) is 0 Å². The van der Waals surface area contributed by atoms with Gasteiger partial charge in [0.2, 0.25) is 11.8 Å². The highest BCUT2D eigenvalue weighted by Crippen LogP contribution is 2.45. The van der Waals surface area contributed by atoms with E-state index in [1.165, 1.54) is 0 Å². The van der Waals surface area contributed by atoms with Crippen LogP contribution < -0.4 is 61.5 Å². The quantitative estimate of drug-likeness (QED) is 0.154. The van der Waals surface area contributed by atoms with Crippen LogP contribution in [0.25, 0.3) is 0 Å². The number of rotatable bonds is 6. The number of benzene rings is 8. The highest BCUT2D eigenvalue weighted by Gasteiger charge is 2.46. The number of hydrogen-bond acceptors (Lipinski definition) is 7. The minimum Gasteiger partial charge on any atom is -0.458 e. The van der Waals surface area contributed by atoms with Gasteiger partial charge in [0, 0.05) is 57.6 Å². The molecule has 0 spiro atoms. The van der Waals surface area contributed by atoms with E-state index in [0.29, 0.717) is 17.5 Å². The Morgan fingerprint density at radius 2 is 0.758 bits per heavy atom. The third-order valence-electron chi connectivity index (χ3n) is 13.2. The Morgan fingerprint density at radius 3 is 1.29 bits per heavy atom. The zero-order valence-corrected chi connectivity index (χ0v) is 36.6. The second-order valence-electron chi connectivity index (χ2n) is 18.3. The molecule has 0 unspecified atom stereocenters. The maximum Gasteiger partial charge on any atom is 0.262 e. The molecule has 8 aromatic carbocycles. The van der Waals surface area contributed by atoms with Gasteiger partial charge in [-0.15, -0.1) is 0 Å². The van der Waals surface area contributed by atoms with Gasteiger partial charge in [0.05, 0.1) is 5.69 Å². The smallest absolute Gasteiger partial charge is 0.262 e. The van der Waals surface area contributed by atoms with Gasteiger partial charge >= 0.3 is 0 Å². The Morgan fingerprint density at radius 1 is 0.348 bits per heavy atom. The maximum atomic E-state index is 7.03. The average Bonchev–Trinajstić information content (AvgIpc) is 3.34. The lowest BCUT2D eigenvalue weighted by Crippen LogP contribution is -2.62. The number of hydrogen-bond donors (Lipinski definition) is 0. The molecule has 0 saturated carbocycles. The summed E-state index contributed by atoms with van der Waals surface area (Å²) in [6, 6.07) is 67.5. The first kappa shape index (κ1) is 38.3.